The minimum atomic E-state index is -4.81. The predicted molar refractivity (Wildman–Crippen MR) is 125 cm³/mol. The molecule has 0 aliphatic carbocycles. The molecule has 0 atom stereocenters. The zero-order chi connectivity index (χ0) is 26.9. The second-order valence-electron chi connectivity index (χ2n) is 7.51. The molecular formula is C24H13ClF3N3O6. The van der Waals surface area contributed by atoms with Gasteiger partial charge in [0.1, 0.15) is 11.3 Å². The van der Waals surface area contributed by atoms with Crippen molar-refractivity contribution in [2.75, 3.05) is 4.90 Å². The molecule has 1 fully saturated rings. The third kappa shape index (κ3) is 5.28. The van der Waals surface area contributed by atoms with Gasteiger partial charge >= 0.3 is 17.9 Å². The Balaban J connectivity index is 1.73. The Hall–Kier alpha value is -4.71. The maximum atomic E-state index is 13.1. The van der Waals surface area contributed by atoms with E-state index in [1.165, 1.54) is 48.5 Å². The summed E-state index contributed by atoms with van der Waals surface area (Å²) in [6, 6.07) is 12.2. The van der Waals surface area contributed by atoms with Crippen LogP contribution >= 0.6 is 11.6 Å². The van der Waals surface area contributed by atoms with Gasteiger partial charge < -0.3 is 4.74 Å². The lowest BCUT2D eigenvalue weighted by molar-refractivity contribution is -0.385. The summed E-state index contributed by atoms with van der Waals surface area (Å²) in [5, 5.41) is 13.7. The molecule has 0 spiro atoms. The molecule has 9 nitrogen and oxygen atoms in total. The van der Waals surface area contributed by atoms with Gasteiger partial charge in [-0.25, -0.2) is 9.69 Å². The van der Waals surface area contributed by atoms with Crippen LogP contribution in [0.3, 0.4) is 0 Å². The van der Waals surface area contributed by atoms with E-state index in [0.29, 0.717) is 17.0 Å². The average Bonchev–Trinajstić information content (AvgIpc) is 2.82. The number of amides is 4. The predicted octanol–water partition coefficient (Wildman–Crippen LogP) is 5.73. The molecule has 4 amide bonds. The number of nitrogens with zero attached hydrogens (tertiary/aromatic N) is 2. The van der Waals surface area contributed by atoms with Crippen LogP contribution in [-0.4, -0.2) is 22.8 Å². The van der Waals surface area contributed by atoms with Gasteiger partial charge in [0.15, 0.2) is 0 Å². The number of nitrogens with one attached hydrogen (secondary N) is 1. The number of urea groups is 1. The number of benzene rings is 3. The Labute approximate surface area is 210 Å². The Morgan fingerprint density at radius 3 is 2.38 bits per heavy atom. The molecule has 0 saturated carbocycles. The number of imide groups is 2. The second-order valence-corrected chi connectivity index (χ2v) is 7.95. The number of carbonyl (C=O) groups is 3. The standard InChI is InChI=1S/C24H13ClF3N3O6/c25-15-5-3-6-16(12-15)30-22(33)17(21(32)29-23(30)34)10-13-4-1-2-7-19(13)37-20-9-8-14(24(26,27)28)11-18(20)31(35)36/h1-12H,(H,29,32,34)/b17-10+. The Morgan fingerprint density at radius 2 is 1.70 bits per heavy atom. The average molecular weight is 532 g/mol. The first-order valence-corrected chi connectivity index (χ1v) is 10.6. The van der Waals surface area contributed by atoms with E-state index in [4.69, 9.17) is 16.3 Å². The normalized spacial score (nSPS) is 15.1. The summed E-state index contributed by atoms with van der Waals surface area (Å²) in [6.45, 7) is 0. The van der Waals surface area contributed by atoms with Gasteiger partial charge in [0.25, 0.3) is 11.8 Å². The van der Waals surface area contributed by atoms with Crippen molar-refractivity contribution in [3.05, 3.63) is 98.6 Å². The third-order valence-electron chi connectivity index (χ3n) is 5.09. The van der Waals surface area contributed by atoms with Crippen LogP contribution in [0, 0.1) is 10.1 Å². The third-order valence-corrected chi connectivity index (χ3v) is 5.32. The Morgan fingerprint density at radius 1 is 0.973 bits per heavy atom. The Bertz CT molecular complexity index is 1490. The number of para-hydroxylation sites is 1. The molecule has 0 radical (unpaired) electrons. The van der Waals surface area contributed by atoms with Gasteiger partial charge in [-0.3, -0.25) is 25.0 Å². The zero-order valence-electron chi connectivity index (χ0n) is 18.3. The lowest BCUT2D eigenvalue weighted by Gasteiger charge is -2.26. The maximum absolute atomic E-state index is 13.1. The van der Waals surface area contributed by atoms with Crippen LogP contribution in [0.5, 0.6) is 11.5 Å². The lowest BCUT2D eigenvalue weighted by atomic mass is 10.1. The number of hydrogen-bond acceptors (Lipinski definition) is 6. The number of hydrogen-bond donors (Lipinski definition) is 1. The highest BCUT2D eigenvalue weighted by Gasteiger charge is 2.37. The molecule has 188 valence electrons. The zero-order valence-corrected chi connectivity index (χ0v) is 19.0. The number of nitro groups is 1. The number of carbonyl (C=O) groups excluding carboxylic acids is 3. The molecule has 0 bridgehead atoms. The minimum absolute atomic E-state index is 0.0792. The molecule has 1 aliphatic heterocycles. The van der Waals surface area contributed by atoms with Crippen molar-refractivity contribution in [3.63, 3.8) is 0 Å². The molecular weight excluding hydrogens is 519 g/mol. The number of halogens is 4. The van der Waals surface area contributed by atoms with Crippen molar-refractivity contribution in [1.29, 1.82) is 0 Å². The first-order valence-electron chi connectivity index (χ1n) is 10.3. The monoisotopic (exact) mass is 531 g/mol. The van der Waals surface area contributed by atoms with Crippen molar-refractivity contribution < 1.29 is 37.2 Å². The van der Waals surface area contributed by atoms with Crippen LogP contribution in [0.1, 0.15) is 11.1 Å². The highest BCUT2D eigenvalue weighted by atomic mass is 35.5. The number of ether oxygens (including phenoxy) is 1. The molecule has 0 aromatic heterocycles. The van der Waals surface area contributed by atoms with Crippen LogP contribution in [-0.2, 0) is 15.8 Å². The molecule has 37 heavy (non-hydrogen) atoms. The van der Waals surface area contributed by atoms with E-state index in [1.807, 2.05) is 5.32 Å². The number of rotatable bonds is 5. The van der Waals surface area contributed by atoms with Gasteiger partial charge in [0, 0.05) is 16.7 Å². The van der Waals surface area contributed by atoms with Crippen molar-refractivity contribution in [1.82, 2.24) is 5.32 Å². The highest BCUT2D eigenvalue weighted by molar-refractivity contribution is 6.39. The number of barbiturate groups is 1. The van der Waals surface area contributed by atoms with Crippen LogP contribution in [0.25, 0.3) is 6.08 Å². The summed E-state index contributed by atoms with van der Waals surface area (Å²) in [6.07, 6.45) is -3.72. The summed E-state index contributed by atoms with van der Waals surface area (Å²) in [5.41, 5.74) is -2.48. The molecule has 1 N–H and O–H groups in total. The summed E-state index contributed by atoms with van der Waals surface area (Å²) in [7, 11) is 0. The Kier molecular flexibility index (Phi) is 6.68. The molecule has 1 saturated heterocycles. The van der Waals surface area contributed by atoms with E-state index in [9.17, 15) is 37.7 Å². The van der Waals surface area contributed by atoms with Crippen molar-refractivity contribution >= 4 is 46.9 Å². The van der Waals surface area contributed by atoms with E-state index in [0.717, 1.165) is 12.1 Å². The fraction of sp³-hybridized carbons (Fsp3) is 0.0417. The van der Waals surface area contributed by atoms with E-state index >= 15 is 0 Å². The SMILES string of the molecule is O=C1NC(=O)N(c2cccc(Cl)c2)C(=O)/C1=C/c1ccccc1Oc1ccc(C(F)(F)F)cc1[N+](=O)[O-]. The molecule has 3 aromatic rings. The van der Waals surface area contributed by atoms with Gasteiger partial charge in [0.2, 0.25) is 5.75 Å². The first-order chi connectivity index (χ1) is 17.5. The topological polar surface area (TPSA) is 119 Å². The van der Waals surface area contributed by atoms with Crippen molar-refractivity contribution in [2.45, 2.75) is 6.18 Å². The number of anilines is 1. The minimum Gasteiger partial charge on any atom is -0.449 e. The smallest absolute Gasteiger partial charge is 0.416 e. The van der Waals surface area contributed by atoms with E-state index in [2.05, 4.69) is 0 Å². The fourth-order valence-corrected chi connectivity index (χ4v) is 3.58. The number of nitro benzene ring substituents is 1. The maximum Gasteiger partial charge on any atom is 0.416 e. The first kappa shape index (κ1) is 25.4. The van der Waals surface area contributed by atoms with E-state index in [1.54, 1.807) is 0 Å². The molecule has 13 heteroatoms. The summed E-state index contributed by atoms with van der Waals surface area (Å²) < 4.78 is 44.6. The van der Waals surface area contributed by atoms with Crippen LogP contribution in [0.4, 0.5) is 29.3 Å². The fourth-order valence-electron chi connectivity index (χ4n) is 3.40. The molecule has 1 aliphatic rings. The second kappa shape index (κ2) is 9.74. The van der Waals surface area contributed by atoms with Crippen molar-refractivity contribution in [2.24, 2.45) is 0 Å². The lowest BCUT2D eigenvalue weighted by Crippen LogP contribution is -2.54. The summed E-state index contributed by atoms with van der Waals surface area (Å²) >= 11 is 5.94. The van der Waals surface area contributed by atoms with Gasteiger partial charge in [-0.15, -0.1) is 0 Å². The molecule has 4 rings (SSSR count). The molecule has 0 unspecified atom stereocenters. The summed E-state index contributed by atoms with van der Waals surface area (Å²) in [4.78, 5) is 49.0. The van der Waals surface area contributed by atoms with Gasteiger partial charge in [-0.05, 0) is 42.5 Å². The van der Waals surface area contributed by atoms with Gasteiger partial charge in [0.05, 0.1) is 16.2 Å². The molecule has 1 heterocycles. The van der Waals surface area contributed by atoms with E-state index in [-0.39, 0.29) is 22.0 Å². The quantitative estimate of drug-likeness (QED) is 0.194. The van der Waals surface area contributed by atoms with Crippen LogP contribution in [0.2, 0.25) is 5.02 Å². The molecule has 3 aromatic carbocycles. The summed E-state index contributed by atoms with van der Waals surface area (Å²) in [5.74, 6) is -2.60. The van der Waals surface area contributed by atoms with Crippen molar-refractivity contribution in [3.8, 4) is 11.5 Å². The highest BCUT2D eigenvalue weighted by Crippen LogP contribution is 2.39. The van der Waals surface area contributed by atoms with Gasteiger partial charge in [-0.2, -0.15) is 13.2 Å². The van der Waals surface area contributed by atoms with Gasteiger partial charge in [-0.1, -0.05) is 35.9 Å². The van der Waals surface area contributed by atoms with E-state index < -0.39 is 51.5 Å². The van der Waals surface area contributed by atoms with Crippen LogP contribution < -0.4 is 15.0 Å². The largest absolute Gasteiger partial charge is 0.449 e. The van der Waals surface area contributed by atoms with Crippen LogP contribution in [0.15, 0.2) is 72.3 Å². The number of alkyl halides is 3.